The summed E-state index contributed by atoms with van der Waals surface area (Å²) in [5.41, 5.74) is 1.34. The molecular formula is C22H27NO4. The van der Waals surface area contributed by atoms with Crippen LogP contribution in [0.15, 0.2) is 60.7 Å². The predicted octanol–water partition coefficient (Wildman–Crippen LogP) is 3.57. The molecule has 27 heavy (non-hydrogen) atoms. The first-order valence-electron chi connectivity index (χ1n) is 8.99. The number of nitrogens with zero attached hydrogens (tertiary/aromatic N) is 1. The molecule has 144 valence electrons. The third-order valence-electron chi connectivity index (χ3n) is 3.65. The van der Waals surface area contributed by atoms with E-state index in [2.05, 4.69) is 0 Å². The van der Waals surface area contributed by atoms with Crippen LogP contribution in [0.3, 0.4) is 0 Å². The monoisotopic (exact) mass is 369 g/mol. The van der Waals surface area contributed by atoms with Crippen LogP contribution in [0.2, 0.25) is 0 Å². The van der Waals surface area contributed by atoms with Crippen molar-refractivity contribution in [1.82, 2.24) is 4.90 Å². The predicted molar refractivity (Wildman–Crippen MR) is 104 cm³/mol. The van der Waals surface area contributed by atoms with E-state index in [1.165, 1.54) is 4.90 Å². The minimum Gasteiger partial charge on any atom is -0.459 e. The minimum absolute atomic E-state index is 0.0927. The van der Waals surface area contributed by atoms with E-state index in [4.69, 9.17) is 9.47 Å². The van der Waals surface area contributed by atoms with E-state index in [1.54, 1.807) is 20.8 Å². The second kappa shape index (κ2) is 9.88. The van der Waals surface area contributed by atoms with Crippen LogP contribution in [0.25, 0.3) is 0 Å². The van der Waals surface area contributed by atoms with Gasteiger partial charge >= 0.3 is 5.97 Å². The van der Waals surface area contributed by atoms with Crippen LogP contribution in [-0.4, -0.2) is 35.5 Å². The SMILES string of the molecule is CC(C)(C)OC(=O)CN(Cc1ccccc1)C(=O)COCc1ccccc1. The molecule has 0 aliphatic carbocycles. The molecule has 5 nitrogen and oxygen atoms in total. The fourth-order valence-corrected chi connectivity index (χ4v) is 2.49. The quantitative estimate of drug-likeness (QED) is 0.668. The van der Waals surface area contributed by atoms with Crippen molar-refractivity contribution < 1.29 is 19.1 Å². The number of hydrogen-bond acceptors (Lipinski definition) is 4. The van der Waals surface area contributed by atoms with Crippen LogP contribution >= 0.6 is 0 Å². The zero-order valence-electron chi connectivity index (χ0n) is 16.2. The fraction of sp³-hybridized carbons (Fsp3) is 0.364. The normalized spacial score (nSPS) is 11.1. The average Bonchev–Trinajstić information content (AvgIpc) is 2.61. The number of benzene rings is 2. The minimum atomic E-state index is -0.595. The number of carbonyl (C=O) groups excluding carboxylic acids is 2. The molecule has 0 saturated carbocycles. The van der Waals surface area contributed by atoms with E-state index in [9.17, 15) is 9.59 Å². The molecule has 0 atom stereocenters. The number of hydrogen-bond donors (Lipinski definition) is 0. The first kappa shape index (κ1) is 20.6. The van der Waals surface area contributed by atoms with Crippen LogP contribution in [0, 0.1) is 0 Å². The maximum Gasteiger partial charge on any atom is 0.326 e. The number of amides is 1. The van der Waals surface area contributed by atoms with Crippen LogP contribution in [0.1, 0.15) is 31.9 Å². The highest BCUT2D eigenvalue weighted by molar-refractivity contribution is 5.83. The number of esters is 1. The maximum atomic E-state index is 12.6. The summed E-state index contributed by atoms with van der Waals surface area (Å²) in [6, 6.07) is 19.2. The molecule has 0 heterocycles. The van der Waals surface area contributed by atoms with Crippen molar-refractivity contribution in [2.45, 2.75) is 39.5 Å². The Kier molecular flexibility index (Phi) is 7.55. The highest BCUT2D eigenvalue weighted by Crippen LogP contribution is 2.10. The van der Waals surface area contributed by atoms with E-state index in [-0.39, 0.29) is 19.1 Å². The summed E-state index contributed by atoms with van der Waals surface area (Å²) in [6.45, 7) is 5.88. The number of carbonyl (C=O) groups is 2. The van der Waals surface area contributed by atoms with Gasteiger partial charge < -0.3 is 14.4 Å². The molecule has 2 aromatic rings. The summed E-state index contributed by atoms with van der Waals surface area (Å²) in [6.07, 6.45) is 0. The van der Waals surface area contributed by atoms with Crippen molar-refractivity contribution in [1.29, 1.82) is 0 Å². The van der Waals surface area contributed by atoms with Crippen LogP contribution in [0.4, 0.5) is 0 Å². The van der Waals surface area contributed by atoms with Crippen LogP contribution in [-0.2, 0) is 32.2 Å². The lowest BCUT2D eigenvalue weighted by Gasteiger charge is -2.25. The molecule has 0 radical (unpaired) electrons. The summed E-state index contributed by atoms with van der Waals surface area (Å²) >= 11 is 0. The Hall–Kier alpha value is -2.66. The Morgan fingerprint density at radius 2 is 1.44 bits per heavy atom. The van der Waals surface area contributed by atoms with Crippen molar-refractivity contribution in [3.8, 4) is 0 Å². The Bertz CT molecular complexity index is 723. The zero-order valence-corrected chi connectivity index (χ0v) is 16.2. The van der Waals surface area contributed by atoms with Gasteiger partial charge in [-0.15, -0.1) is 0 Å². The van der Waals surface area contributed by atoms with Gasteiger partial charge in [-0.1, -0.05) is 60.7 Å². The fourth-order valence-electron chi connectivity index (χ4n) is 2.49. The third-order valence-corrected chi connectivity index (χ3v) is 3.65. The second-order valence-electron chi connectivity index (χ2n) is 7.30. The van der Waals surface area contributed by atoms with E-state index in [1.807, 2.05) is 60.7 Å². The summed E-state index contributed by atoms with van der Waals surface area (Å²) in [5.74, 6) is -0.685. The van der Waals surface area contributed by atoms with Gasteiger partial charge in [0, 0.05) is 6.54 Å². The van der Waals surface area contributed by atoms with Gasteiger partial charge in [-0.25, -0.2) is 0 Å². The number of rotatable bonds is 8. The van der Waals surface area contributed by atoms with Gasteiger partial charge in [0.1, 0.15) is 18.8 Å². The van der Waals surface area contributed by atoms with Gasteiger partial charge in [-0.2, -0.15) is 0 Å². The van der Waals surface area contributed by atoms with E-state index < -0.39 is 11.6 Å². The van der Waals surface area contributed by atoms with Crippen molar-refractivity contribution >= 4 is 11.9 Å². The molecule has 5 heteroatoms. The Morgan fingerprint density at radius 1 is 0.889 bits per heavy atom. The molecule has 0 aliphatic rings. The van der Waals surface area contributed by atoms with Gasteiger partial charge in [-0.3, -0.25) is 9.59 Å². The lowest BCUT2D eigenvalue weighted by Crippen LogP contribution is -2.40. The van der Waals surface area contributed by atoms with Gasteiger partial charge in [-0.05, 0) is 31.9 Å². The largest absolute Gasteiger partial charge is 0.459 e. The molecule has 1 amide bonds. The molecular weight excluding hydrogens is 342 g/mol. The number of ether oxygens (including phenoxy) is 2. The standard InChI is InChI=1S/C22H27NO4/c1-22(2,3)27-21(25)15-23(14-18-10-6-4-7-11-18)20(24)17-26-16-19-12-8-5-9-13-19/h4-13H,14-17H2,1-3H3. The van der Waals surface area contributed by atoms with Crippen molar-refractivity contribution in [3.05, 3.63) is 71.8 Å². The topological polar surface area (TPSA) is 55.8 Å². The molecule has 0 spiro atoms. The summed E-state index contributed by atoms with van der Waals surface area (Å²) in [7, 11) is 0. The molecule has 0 aliphatic heterocycles. The Labute approximate surface area is 160 Å². The van der Waals surface area contributed by atoms with Gasteiger partial charge in [0.25, 0.3) is 0 Å². The molecule has 0 bridgehead atoms. The Balaban J connectivity index is 1.96. The first-order valence-corrected chi connectivity index (χ1v) is 8.99. The molecule has 0 saturated heterocycles. The summed E-state index contributed by atoms with van der Waals surface area (Å²) in [5, 5.41) is 0. The van der Waals surface area contributed by atoms with Crippen LogP contribution < -0.4 is 0 Å². The average molecular weight is 369 g/mol. The van der Waals surface area contributed by atoms with Gasteiger partial charge in [0.05, 0.1) is 6.61 Å². The van der Waals surface area contributed by atoms with Crippen molar-refractivity contribution in [2.24, 2.45) is 0 Å². The zero-order chi connectivity index (χ0) is 19.7. The molecule has 0 N–H and O–H groups in total. The molecule has 0 unspecified atom stereocenters. The molecule has 0 aromatic heterocycles. The third kappa shape index (κ3) is 8.05. The maximum absolute atomic E-state index is 12.6. The van der Waals surface area contributed by atoms with Crippen molar-refractivity contribution in [3.63, 3.8) is 0 Å². The lowest BCUT2D eigenvalue weighted by molar-refractivity contribution is -0.160. The van der Waals surface area contributed by atoms with Crippen LogP contribution in [0.5, 0.6) is 0 Å². The first-order chi connectivity index (χ1) is 12.8. The summed E-state index contributed by atoms with van der Waals surface area (Å²) < 4.78 is 10.9. The highest BCUT2D eigenvalue weighted by atomic mass is 16.6. The van der Waals surface area contributed by atoms with E-state index in [0.717, 1.165) is 11.1 Å². The Morgan fingerprint density at radius 3 is 2.00 bits per heavy atom. The molecule has 2 aromatic carbocycles. The van der Waals surface area contributed by atoms with Gasteiger partial charge in [0.2, 0.25) is 5.91 Å². The lowest BCUT2D eigenvalue weighted by atomic mass is 10.2. The second-order valence-corrected chi connectivity index (χ2v) is 7.30. The highest BCUT2D eigenvalue weighted by Gasteiger charge is 2.22. The molecule has 2 rings (SSSR count). The smallest absolute Gasteiger partial charge is 0.326 e. The molecule has 0 fully saturated rings. The van der Waals surface area contributed by atoms with E-state index in [0.29, 0.717) is 13.2 Å². The van der Waals surface area contributed by atoms with Gasteiger partial charge in [0.15, 0.2) is 0 Å². The van der Waals surface area contributed by atoms with E-state index >= 15 is 0 Å². The van der Waals surface area contributed by atoms with Crippen molar-refractivity contribution in [2.75, 3.05) is 13.2 Å². The summed E-state index contributed by atoms with van der Waals surface area (Å²) in [4.78, 5) is 26.3.